The van der Waals surface area contributed by atoms with E-state index in [-0.39, 0.29) is 17.0 Å². The van der Waals surface area contributed by atoms with E-state index >= 15 is 0 Å². The minimum atomic E-state index is -3.10. The number of rotatable bonds is 2. The van der Waals surface area contributed by atoms with Crippen molar-refractivity contribution in [2.24, 2.45) is 0 Å². The molecule has 3 heterocycles. The molecule has 0 unspecified atom stereocenters. The summed E-state index contributed by atoms with van der Waals surface area (Å²) in [6.07, 6.45) is -1.28. The van der Waals surface area contributed by atoms with Gasteiger partial charge >= 0.3 is 5.91 Å². The van der Waals surface area contributed by atoms with Crippen molar-refractivity contribution in [1.29, 1.82) is 0 Å². The van der Waals surface area contributed by atoms with Crippen molar-refractivity contribution in [3.63, 3.8) is 0 Å². The van der Waals surface area contributed by atoms with Crippen LogP contribution < -0.4 is 5.73 Å². The van der Waals surface area contributed by atoms with Crippen LogP contribution in [0.4, 0.5) is 5.82 Å². The van der Waals surface area contributed by atoms with Crippen molar-refractivity contribution in [1.82, 2.24) is 19.5 Å². The van der Waals surface area contributed by atoms with Gasteiger partial charge in [0.15, 0.2) is 11.5 Å². The van der Waals surface area contributed by atoms with E-state index in [0.29, 0.717) is 0 Å². The van der Waals surface area contributed by atoms with Gasteiger partial charge in [0.25, 0.3) is 5.79 Å². The third-order valence-electron chi connectivity index (χ3n) is 3.43. The van der Waals surface area contributed by atoms with E-state index in [2.05, 4.69) is 15.0 Å². The highest BCUT2D eigenvalue weighted by Gasteiger charge is 2.66. The maximum atomic E-state index is 10.5. The molecule has 0 aromatic carbocycles. The summed E-state index contributed by atoms with van der Waals surface area (Å²) in [5, 5.41) is 49.2. The lowest BCUT2D eigenvalue weighted by Crippen LogP contribution is -2.57. The summed E-state index contributed by atoms with van der Waals surface area (Å²) in [6.45, 7) is -0.740. The zero-order valence-corrected chi connectivity index (χ0v) is 10.5. The number of nitrogens with zero attached hydrogens (tertiary/aromatic N) is 4. The van der Waals surface area contributed by atoms with Crippen LogP contribution in [0, 0.1) is 0 Å². The van der Waals surface area contributed by atoms with E-state index in [9.17, 15) is 20.4 Å². The third-order valence-corrected chi connectivity index (χ3v) is 3.43. The molecule has 1 aliphatic rings. The number of anilines is 1. The molecule has 0 aliphatic carbocycles. The van der Waals surface area contributed by atoms with Crippen molar-refractivity contribution in [3.8, 4) is 0 Å². The predicted molar refractivity (Wildman–Crippen MR) is 65.1 cm³/mol. The molecule has 0 bridgehead atoms. The molecule has 2 aromatic heterocycles. The zero-order valence-electron chi connectivity index (χ0n) is 10.5. The average molecular weight is 299 g/mol. The van der Waals surface area contributed by atoms with E-state index in [0.717, 1.165) is 17.2 Å². The molecule has 114 valence electrons. The monoisotopic (exact) mass is 299 g/mol. The SMILES string of the molecule is Nc1ncnc2c1ncn2[C@]1(O)O[C@H](CO)[C@@H](O)C1(O)O. The lowest BCUT2D eigenvalue weighted by Gasteiger charge is -2.33. The first kappa shape index (κ1) is 14.1. The Morgan fingerprint density at radius 1 is 1.29 bits per heavy atom. The van der Waals surface area contributed by atoms with Crippen molar-refractivity contribution < 1.29 is 30.3 Å². The molecule has 1 fully saturated rings. The van der Waals surface area contributed by atoms with Gasteiger partial charge in [-0.25, -0.2) is 15.0 Å². The Morgan fingerprint density at radius 2 is 2.00 bits per heavy atom. The second kappa shape index (κ2) is 4.30. The number of imidazole rings is 1. The van der Waals surface area contributed by atoms with Gasteiger partial charge in [0.2, 0.25) is 0 Å². The first-order valence-electron chi connectivity index (χ1n) is 5.90. The molecule has 11 nitrogen and oxygen atoms in total. The molecular weight excluding hydrogens is 286 g/mol. The van der Waals surface area contributed by atoms with Gasteiger partial charge < -0.3 is 36.0 Å². The molecule has 21 heavy (non-hydrogen) atoms. The van der Waals surface area contributed by atoms with Crippen molar-refractivity contribution in [2.45, 2.75) is 23.9 Å². The fourth-order valence-corrected chi connectivity index (χ4v) is 2.26. The van der Waals surface area contributed by atoms with Crippen LogP contribution in [-0.2, 0) is 10.6 Å². The molecule has 1 saturated heterocycles. The molecule has 0 saturated carbocycles. The highest BCUT2D eigenvalue weighted by Crippen LogP contribution is 2.41. The minimum absolute atomic E-state index is 0.0149. The summed E-state index contributed by atoms with van der Waals surface area (Å²) in [4.78, 5) is 11.4. The van der Waals surface area contributed by atoms with Crippen LogP contribution in [0.2, 0.25) is 0 Å². The summed E-state index contributed by atoms with van der Waals surface area (Å²) < 4.78 is 5.79. The fraction of sp³-hybridized carbons (Fsp3) is 0.500. The molecule has 3 rings (SSSR count). The molecule has 3 atom stereocenters. The van der Waals surface area contributed by atoms with Crippen LogP contribution in [-0.4, -0.2) is 69.7 Å². The summed E-state index contributed by atoms with van der Waals surface area (Å²) in [7, 11) is 0. The van der Waals surface area contributed by atoms with Gasteiger partial charge in [-0.15, -0.1) is 0 Å². The maximum absolute atomic E-state index is 10.5. The minimum Gasteiger partial charge on any atom is -0.394 e. The number of hydrogen-bond acceptors (Lipinski definition) is 10. The van der Waals surface area contributed by atoms with Gasteiger partial charge in [0.05, 0.1) is 6.61 Å². The molecule has 1 aliphatic heterocycles. The van der Waals surface area contributed by atoms with Crippen molar-refractivity contribution in [3.05, 3.63) is 12.7 Å². The summed E-state index contributed by atoms with van der Waals surface area (Å²) in [6, 6.07) is 0. The Kier molecular flexibility index (Phi) is 2.88. The largest absolute Gasteiger partial charge is 0.394 e. The number of aliphatic hydroxyl groups is 5. The molecule has 0 amide bonds. The second-order valence-electron chi connectivity index (χ2n) is 4.66. The van der Waals surface area contributed by atoms with Gasteiger partial charge in [-0.1, -0.05) is 0 Å². The quantitative estimate of drug-likeness (QED) is 0.304. The molecule has 2 aromatic rings. The number of hydrogen-bond donors (Lipinski definition) is 6. The van der Waals surface area contributed by atoms with Crippen molar-refractivity contribution in [2.75, 3.05) is 12.3 Å². The lowest BCUT2D eigenvalue weighted by molar-refractivity contribution is -0.387. The Hall–Kier alpha value is -1.89. The van der Waals surface area contributed by atoms with Gasteiger partial charge in [0.1, 0.15) is 30.4 Å². The van der Waals surface area contributed by atoms with Gasteiger partial charge in [0, 0.05) is 0 Å². The van der Waals surface area contributed by atoms with Gasteiger partial charge in [-0.3, -0.25) is 4.57 Å². The van der Waals surface area contributed by atoms with E-state index in [1.54, 1.807) is 0 Å². The number of aromatic nitrogens is 4. The summed E-state index contributed by atoms with van der Waals surface area (Å²) >= 11 is 0. The lowest BCUT2D eigenvalue weighted by atomic mass is 10.1. The molecule has 0 radical (unpaired) electrons. The van der Waals surface area contributed by atoms with Crippen LogP contribution in [0.5, 0.6) is 0 Å². The van der Waals surface area contributed by atoms with Crippen LogP contribution in [0.1, 0.15) is 0 Å². The molecular formula is C10H13N5O6. The second-order valence-corrected chi connectivity index (χ2v) is 4.66. The molecule has 0 spiro atoms. The Bertz CT molecular complexity index is 690. The average Bonchev–Trinajstić information content (AvgIpc) is 2.95. The van der Waals surface area contributed by atoms with E-state index < -0.39 is 30.5 Å². The first-order valence-corrected chi connectivity index (χ1v) is 5.90. The summed E-state index contributed by atoms with van der Waals surface area (Å²) in [5.74, 6) is -5.90. The van der Waals surface area contributed by atoms with E-state index in [4.69, 9.17) is 15.6 Å². The van der Waals surface area contributed by atoms with E-state index in [1.807, 2.05) is 0 Å². The standard InChI is InChI=1S/C10H13N5O6/c11-7-5-8(13-2-12-7)15(3-14-5)10(20)9(18,19)6(17)4(1-16)21-10/h2-4,6,16-20H,1H2,(H2,11,12,13)/t4-,6-,10-/m1/s1. The van der Waals surface area contributed by atoms with E-state index in [1.165, 1.54) is 0 Å². The smallest absolute Gasteiger partial charge is 0.315 e. The first-order chi connectivity index (χ1) is 9.83. The highest BCUT2D eigenvalue weighted by molar-refractivity contribution is 5.81. The number of ether oxygens (including phenoxy) is 1. The number of fused-ring (bicyclic) bond motifs is 1. The number of nitrogens with two attached hydrogens (primary N) is 1. The van der Waals surface area contributed by atoms with Crippen LogP contribution in [0.3, 0.4) is 0 Å². The van der Waals surface area contributed by atoms with Crippen LogP contribution >= 0.6 is 0 Å². The van der Waals surface area contributed by atoms with Crippen molar-refractivity contribution >= 4 is 17.0 Å². The summed E-state index contributed by atoms with van der Waals surface area (Å²) in [5.41, 5.74) is 5.66. The number of nitrogen functional groups attached to an aromatic ring is 1. The normalized spacial score (nSPS) is 31.9. The van der Waals surface area contributed by atoms with Crippen LogP contribution in [0.15, 0.2) is 12.7 Å². The molecule has 7 N–H and O–H groups in total. The molecule has 11 heteroatoms. The fourth-order valence-electron chi connectivity index (χ4n) is 2.26. The van der Waals surface area contributed by atoms with Gasteiger partial charge in [-0.05, 0) is 0 Å². The van der Waals surface area contributed by atoms with Crippen LogP contribution in [0.25, 0.3) is 11.2 Å². The van der Waals surface area contributed by atoms with Gasteiger partial charge in [-0.2, -0.15) is 0 Å². The highest BCUT2D eigenvalue weighted by atomic mass is 16.7. The Labute approximate surface area is 116 Å². The predicted octanol–water partition coefficient (Wildman–Crippen LogP) is -3.56. The Morgan fingerprint density at radius 3 is 2.62 bits per heavy atom. The number of aliphatic hydroxyl groups excluding tert-OH is 2. The Balaban J connectivity index is 2.19. The zero-order chi connectivity index (χ0) is 15.4. The maximum Gasteiger partial charge on any atom is 0.315 e. The third kappa shape index (κ3) is 1.67. The topological polar surface area (TPSA) is 180 Å².